The molecule has 3 N–H and O–H groups in total. The lowest BCUT2D eigenvalue weighted by atomic mass is 9.98. The maximum Gasteiger partial charge on any atom is 0.407 e. The topological polar surface area (TPSA) is 131 Å². The van der Waals surface area contributed by atoms with Crippen molar-refractivity contribution in [1.29, 1.82) is 0 Å². The molecule has 1 atom stereocenters. The molecule has 178 valence electrons. The summed E-state index contributed by atoms with van der Waals surface area (Å²) in [5.41, 5.74) is 4.72. The van der Waals surface area contributed by atoms with E-state index in [0.29, 0.717) is 5.82 Å². The molecule has 1 saturated carbocycles. The van der Waals surface area contributed by atoms with Crippen LogP contribution in [0.3, 0.4) is 0 Å². The summed E-state index contributed by atoms with van der Waals surface area (Å²) in [7, 11) is 0. The van der Waals surface area contributed by atoms with E-state index in [2.05, 4.69) is 44.9 Å². The second kappa shape index (κ2) is 9.54. The summed E-state index contributed by atoms with van der Waals surface area (Å²) in [5.74, 6) is -1.36. The third-order valence-electron chi connectivity index (χ3n) is 6.35. The second-order valence-corrected chi connectivity index (χ2v) is 8.69. The quantitative estimate of drug-likeness (QED) is 0.459. The average molecular weight is 473 g/mol. The van der Waals surface area contributed by atoms with E-state index in [-0.39, 0.29) is 30.6 Å². The molecule has 2 amide bonds. The number of aromatic nitrogens is 2. The summed E-state index contributed by atoms with van der Waals surface area (Å²) in [5, 5.41) is 14.4. The van der Waals surface area contributed by atoms with Gasteiger partial charge < -0.3 is 20.5 Å². The molecule has 0 saturated heterocycles. The number of carboxylic acid groups (broad SMARTS) is 1. The molecule has 2 aliphatic carbocycles. The van der Waals surface area contributed by atoms with Gasteiger partial charge in [-0.15, -0.1) is 0 Å². The average Bonchev–Trinajstić information content (AvgIpc) is 3.67. The third-order valence-corrected chi connectivity index (χ3v) is 6.35. The van der Waals surface area contributed by atoms with Crippen LogP contribution in [0.25, 0.3) is 11.1 Å². The largest absolute Gasteiger partial charge is 0.480 e. The van der Waals surface area contributed by atoms with E-state index in [1.165, 1.54) is 12.4 Å². The number of hydrogen-bond acceptors (Lipinski definition) is 6. The van der Waals surface area contributed by atoms with Gasteiger partial charge in [0, 0.05) is 18.3 Å². The standard InChI is InChI=1S/C26H24N4O5/c31-24(30-23(25(32)33)15-9-10-15)16-11-27-22(28-12-16)13-29-26(34)35-14-21-19-7-3-1-5-17(19)18-6-2-4-8-20(18)21/h1-8,11-12,15,21,23H,9-10,13-14H2,(H,29,34)(H,30,31)(H,32,33). The van der Waals surface area contributed by atoms with Crippen molar-refractivity contribution in [3.8, 4) is 11.1 Å². The molecule has 1 unspecified atom stereocenters. The highest BCUT2D eigenvalue weighted by Gasteiger charge is 2.37. The zero-order valence-corrected chi connectivity index (χ0v) is 18.8. The fraction of sp³-hybridized carbons (Fsp3) is 0.269. The number of carbonyl (C=O) groups is 3. The van der Waals surface area contributed by atoms with Gasteiger partial charge in [0.15, 0.2) is 0 Å². The summed E-state index contributed by atoms with van der Waals surface area (Å²) < 4.78 is 5.49. The number of hydrogen-bond donors (Lipinski definition) is 3. The fourth-order valence-corrected chi connectivity index (χ4v) is 4.40. The van der Waals surface area contributed by atoms with Gasteiger partial charge in [-0.3, -0.25) is 4.79 Å². The Bertz CT molecular complexity index is 1230. The lowest BCUT2D eigenvalue weighted by Gasteiger charge is -2.14. The van der Waals surface area contributed by atoms with Crippen molar-refractivity contribution in [2.75, 3.05) is 6.61 Å². The molecule has 9 nitrogen and oxygen atoms in total. The summed E-state index contributed by atoms with van der Waals surface area (Å²) in [4.78, 5) is 44.1. The molecule has 3 aromatic rings. The van der Waals surface area contributed by atoms with Crippen LogP contribution in [0.15, 0.2) is 60.9 Å². The monoisotopic (exact) mass is 472 g/mol. The first kappa shape index (κ1) is 22.5. The molecule has 0 spiro atoms. The Morgan fingerprint density at radius 2 is 1.57 bits per heavy atom. The first-order chi connectivity index (χ1) is 17.0. The summed E-state index contributed by atoms with van der Waals surface area (Å²) in [6, 6.07) is 15.3. The van der Waals surface area contributed by atoms with E-state index in [1.807, 2.05) is 24.3 Å². The number of nitrogens with zero attached hydrogens (tertiary/aromatic N) is 2. The second-order valence-electron chi connectivity index (χ2n) is 8.69. The molecular weight excluding hydrogens is 448 g/mol. The van der Waals surface area contributed by atoms with Gasteiger partial charge in [-0.1, -0.05) is 48.5 Å². The Morgan fingerprint density at radius 1 is 0.971 bits per heavy atom. The Hall–Kier alpha value is -4.27. The number of amides is 2. The third kappa shape index (κ3) is 4.84. The molecule has 5 rings (SSSR count). The summed E-state index contributed by atoms with van der Waals surface area (Å²) >= 11 is 0. The first-order valence-electron chi connectivity index (χ1n) is 11.4. The molecule has 0 bridgehead atoms. The van der Waals surface area contributed by atoms with Crippen LogP contribution in [-0.4, -0.2) is 45.7 Å². The summed E-state index contributed by atoms with van der Waals surface area (Å²) in [6.45, 7) is 0.226. The Kier molecular flexibility index (Phi) is 6.13. The van der Waals surface area contributed by atoms with Crippen LogP contribution < -0.4 is 10.6 Å². The van der Waals surface area contributed by atoms with Crippen molar-refractivity contribution >= 4 is 18.0 Å². The SMILES string of the molecule is O=C(NCc1ncc(C(=O)NC(C(=O)O)C2CC2)cn1)OCC1c2ccccc2-c2ccccc21. The Balaban J connectivity index is 1.14. The van der Waals surface area contributed by atoms with E-state index in [4.69, 9.17) is 4.74 Å². The zero-order chi connectivity index (χ0) is 24.4. The van der Waals surface area contributed by atoms with Crippen LogP contribution in [0.1, 0.15) is 46.1 Å². The fourth-order valence-electron chi connectivity index (χ4n) is 4.40. The van der Waals surface area contributed by atoms with E-state index in [0.717, 1.165) is 35.1 Å². The van der Waals surface area contributed by atoms with Crippen molar-refractivity contribution in [1.82, 2.24) is 20.6 Å². The number of alkyl carbamates (subject to hydrolysis) is 1. The van der Waals surface area contributed by atoms with Gasteiger partial charge in [-0.05, 0) is 41.0 Å². The molecule has 2 aromatic carbocycles. The predicted molar refractivity (Wildman–Crippen MR) is 126 cm³/mol. The van der Waals surface area contributed by atoms with E-state index >= 15 is 0 Å². The maximum absolute atomic E-state index is 12.3. The number of nitrogens with one attached hydrogen (secondary N) is 2. The van der Waals surface area contributed by atoms with Crippen molar-refractivity contribution < 1.29 is 24.2 Å². The summed E-state index contributed by atoms with van der Waals surface area (Å²) in [6.07, 6.45) is 3.60. The highest BCUT2D eigenvalue weighted by atomic mass is 16.5. The number of aliphatic carboxylic acids is 1. The Morgan fingerprint density at radius 3 is 2.14 bits per heavy atom. The molecular formula is C26H24N4O5. The van der Waals surface area contributed by atoms with Gasteiger partial charge in [0.25, 0.3) is 5.91 Å². The van der Waals surface area contributed by atoms with E-state index in [9.17, 15) is 19.5 Å². The van der Waals surface area contributed by atoms with Crippen LogP contribution in [0.2, 0.25) is 0 Å². The molecule has 35 heavy (non-hydrogen) atoms. The number of fused-ring (bicyclic) bond motifs is 3. The number of carboxylic acids is 1. The van der Waals surface area contributed by atoms with Gasteiger partial charge in [0.05, 0.1) is 12.1 Å². The first-order valence-corrected chi connectivity index (χ1v) is 11.4. The minimum atomic E-state index is -1.05. The number of benzene rings is 2. The van der Waals surface area contributed by atoms with Crippen LogP contribution in [0, 0.1) is 5.92 Å². The lowest BCUT2D eigenvalue weighted by Crippen LogP contribution is -2.42. The molecule has 0 radical (unpaired) electrons. The highest BCUT2D eigenvalue weighted by molar-refractivity contribution is 5.96. The lowest BCUT2D eigenvalue weighted by molar-refractivity contribution is -0.139. The minimum absolute atomic E-state index is 0.0262. The molecule has 0 aliphatic heterocycles. The van der Waals surface area contributed by atoms with Gasteiger partial charge >= 0.3 is 12.1 Å². The van der Waals surface area contributed by atoms with Gasteiger partial charge in [-0.2, -0.15) is 0 Å². The van der Waals surface area contributed by atoms with Crippen LogP contribution in [0.5, 0.6) is 0 Å². The van der Waals surface area contributed by atoms with Gasteiger partial charge in [0.2, 0.25) is 0 Å². The van der Waals surface area contributed by atoms with E-state index in [1.54, 1.807) is 0 Å². The van der Waals surface area contributed by atoms with Crippen LogP contribution in [0.4, 0.5) is 4.79 Å². The molecule has 9 heteroatoms. The van der Waals surface area contributed by atoms with Crippen LogP contribution in [-0.2, 0) is 16.1 Å². The maximum atomic E-state index is 12.3. The molecule has 1 aromatic heterocycles. The Labute approximate surface area is 201 Å². The molecule has 2 aliphatic rings. The van der Waals surface area contributed by atoms with Crippen molar-refractivity contribution in [3.63, 3.8) is 0 Å². The van der Waals surface area contributed by atoms with E-state index < -0.39 is 24.0 Å². The smallest absolute Gasteiger partial charge is 0.407 e. The van der Waals surface area contributed by atoms with Crippen molar-refractivity contribution in [2.45, 2.75) is 31.3 Å². The molecule has 1 fully saturated rings. The van der Waals surface area contributed by atoms with Crippen molar-refractivity contribution in [2.24, 2.45) is 5.92 Å². The number of rotatable bonds is 8. The number of ether oxygens (including phenoxy) is 1. The molecule has 1 heterocycles. The number of carbonyl (C=O) groups excluding carboxylic acids is 2. The predicted octanol–water partition coefficient (Wildman–Crippen LogP) is 3.11. The minimum Gasteiger partial charge on any atom is -0.480 e. The van der Waals surface area contributed by atoms with Gasteiger partial charge in [-0.25, -0.2) is 19.6 Å². The van der Waals surface area contributed by atoms with Crippen molar-refractivity contribution in [3.05, 3.63) is 83.4 Å². The van der Waals surface area contributed by atoms with Gasteiger partial charge in [0.1, 0.15) is 18.5 Å². The normalized spacial score (nSPS) is 15.0. The highest BCUT2D eigenvalue weighted by Crippen LogP contribution is 2.44. The zero-order valence-electron chi connectivity index (χ0n) is 18.8. The van der Waals surface area contributed by atoms with Crippen LogP contribution >= 0.6 is 0 Å².